The number of piperidine rings is 1. The molecule has 26 heavy (non-hydrogen) atoms. The lowest BCUT2D eigenvalue weighted by Crippen LogP contribution is -2.45. The second kappa shape index (κ2) is 7.77. The summed E-state index contributed by atoms with van der Waals surface area (Å²) < 4.78 is 11.3. The van der Waals surface area contributed by atoms with Crippen LogP contribution < -0.4 is 14.8 Å². The van der Waals surface area contributed by atoms with Crippen molar-refractivity contribution in [3.63, 3.8) is 0 Å². The molecule has 0 amide bonds. The number of hydrogen-bond acceptors (Lipinski definition) is 4. The van der Waals surface area contributed by atoms with Crippen LogP contribution in [0.25, 0.3) is 0 Å². The summed E-state index contributed by atoms with van der Waals surface area (Å²) in [6.45, 7) is 4.76. The number of rotatable bonds is 7. The molecule has 3 atom stereocenters. The van der Waals surface area contributed by atoms with Gasteiger partial charge >= 0.3 is 0 Å². The topological polar surface area (TPSA) is 33.7 Å². The van der Waals surface area contributed by atoms with Gasteiger partial charge in [-0.1, -0.05) is 6.92 Å². The molecule has 0 saturated carbocycles. The predicted molar refractivity (Wildman–Crippen MR) is 105 cm³/mol. The van der Waals surface area contributed by atoms with E-state index in [-0.39, 0.29) is 0 Å². The van der Waals surface area contributed by atoms with Crippen LogP contribution in [0.4, 0.5) is 0 Å². The molecule has 2 bridgehead atoms. The minimum Gasteiger partial charge on any atom is -0.496 e. The number of benzene rings is 1. The normalized spacial score (nSPS) is 27.8. The standard InChI is InChI=1S/C22H34N2O2/c1-4-9-24(14-15-10-16-5-6-17(11-15)23-16)18-12-19-20(13-18)22(26-3)8-7-21(19)25-2/h7-8,15-18,23H,4-6,9-14H2,1-3H3/t15?,16-,17+. The molecule has 2 aliphatic heterocycles. The minimum absolute atomic E-state index is 0.586. The van der Waals surface area contributed by atoms with Crippen LogP contribution in [0.15, 0.2) is 12.1 Å². The van der Waals surface area contributed by atoms with E-state index >= 15 is 0 Å². The molecule has 1 aromatic rings. The van der Waals surface area contributed by atoms with Crippen molar-refractivity contribution in [2.45, 2.75) is 70.0 Å². The minimum atomic E-state index is 0.586. The Balaban J connectivity index is 1.49. The fourth-order valence-corrected chi connectivity index (χ4v) is 5.65. The lowest BCUT2D eigenvalue weighted by molar-refractivity contribution is 0.143. The van der Waals surface area contributed by atoms with Crippen LogP contribution in [0.1, 0.15) is 50.2 Å². The summed E-state index contributed by atoms with van der Waals surface area (Å²) in [5.41, 5.74) is 2.73. The van der Waals surface area contributed by atoms with Gasteiger partial charge in [-0.3, -0.25) is 4.90 Å². The van der Waals surface area contributed by atoms with Gasteiger partial charge in [-0.15, -0.1) is 0 Å². The van der Waals surface area contributed by atoms with E-state index in [4.69, 9.17) is 9.47 Å². The first kappa shape index (κ1) is 18.1. The van der Waals surface area contributed by atoms with Crippen molar-refractivity contribution >= 4 is 0 Å². The summed E-state index contributed by atoms with van der Waals surface area (Å²) in [4.78, 5) is 2.77. The van der Waals surface area contributed by atoms with Crippen molar-refractivity contribution in [3.05, 3.63) is 23.3 Å². The summed E-state index contributed by atoms with van der Waals surface area (Å²) in [6, 6.07) is 6.28. The van der Waals surface area contributed by atoms with Gasteiger partial charge in [0.05, 0.1) is 14.2 Å². The highest BCUT2D eigenvalue weighted by Gasteiger charge is 2.36. The van der Waals surface area contributed by atoms with E-state index in [0.29, 0.717) is 6.04 Å². The highest BCUT2D eigenvalue weighted by atomic mass is 16.5. The summed E-state index contributed by atoms with van der Waals surface area (Å²) in [6.07, 6.45) is 8.91. The van der Waals surface area contributed by atoms with Crippen molar-refractivity contribution in [2.24, 2.45) is 5.92 Å². The number of methoxy groups -OCH3 is 2. The van der Waals surface area contributed by atoms with Gasteiger partial charge in [0.1, 0.15) is 11.5 Å². The summed E-state index contributed by atoms with van der Waals surface area (Å²) >= 11 is 0. The monoisotopic (exact) mass is 358 g/mol. The molecule has 1 aromatic carbocycles. The molecule has 0 spiro atoms. The molecule has 4 rings (SSSR count). The van der Waals surface area contributed by atoms with Crippen molar-refractivity contribution in [1.82, 2.24) is 10.2 Å². The largest absolute Gasteiger partial charge is 0.496 e. The van der Waals surface area contributed by atoms with Crippen LogP contribution >= 0.6 is 0 Å². The van der Waals surface area contributed by atoms with Crippen molar-refractivity contribution < 1.29 is 9.47 Å². The highest BCUT2D eigenvalue weighted by molar-refractivity contribution is 5.52. The van der Waals surface area contributed by atoms with Gasteiger partial charge in [-0.25, -0.2) is 0 Å². The Labute approximate surface area is 158 Å². The van der Waals surface area contributed by atoms with Crippen LogP contribution in [0.2, 0.25) is 0 Å². The first-order valence-corrected chi connectivity index (χ1v) is 10.4. The number of nitrogens with one attached hydrogen (secondary N) is 1. The van der Waals surface area contributed by atoms with Crippen LogP contribution in [-0.2, 0) is 12.8 Å². The lowest BCUT2D eigenvalue weighted by atomic mass is 9.91. The summed E-state index contributed by atoms with van der Waals surface area (Å²) in [5, 5.41) is 3.79. The molecule has 2 fully saturated rings. The fourth-order valence-electron chi connectivity index (χ4n) is 5.65. The summed E-state index contributed by atoms with van der Waals surface area (Å²) in [7, 11) is 3.56. The third-order valence-corrected chi connectivity index (χ3v) is 6.76. The molecule has 2 heterocycles. The molecular formula is C22H34N2O2. The van der Waals surface area contributed by atoms with E-state index in [9.17, 15) is 0 Å². The van der Waals surface area contributed by atoms with Gasteiger partial charge in [0.25, 0.3) is 0 Å². The van der Waals surface area contributed by atoms with Crippen molar-refractivity contribution in [3.8, 4) is 11.5 Å². The Hall–Kier alpha value is -1.26. The zero-order valence-electron chi connectivity index (χ0n) is 16.6. The maximum absolute atomic E-state index is 5.65. The third kappa shape index (κ3) is 3.46. The molecule has 1 aliphatic carbocycles. The van der Waals surface area contributed by atoms with E-state index in [2.05, 4.69) is 29.3 Å². The molecule has 3 aliphatic rings. The van der Waals surface area contributed by atoms with Gasteiger partial charge in [0.15, 0.2) is 0 Å². The fraction of sp³-hybridized carbons (Fsp3) is 0.727. The SMILES string of the molecule is CCCN(CC1C[C@H]2CC[C@@H](C1)N2)C1Cc2c(OC)ccc(OC)c2C1. The van der Waals surface area contributed by atoms with Crippen molar-refractivity contribution in [2.75, 3.05) is 27.3 Å². The molecule has 2 saturated heterocycles. The zero-order chi connectivity index (χ0) is 18.1. The van der Waals surface area contributed by atoms with E-state index in [0.717, 1.165) is 42.3 Å². The smallest absolute Gasteiger partial charge is 0.122 e. The van der Waals surface area contributed by atoms with Gasteiger partial charge in [0, 0.05) is 35.8 Å². The predicted octanol–water partition coefficient (Wildman–Crippen LogP) is 3.41. The summed E-state index contributed by atoms with van der Waals surface area (Å²) in [5.74, 6) is 2.91. The molecule has 1 N–H and O–H groups in total. The zero-order valence-corrected chi connectivity index (χ0v) is 16.6. The molecule has 4 nitrogen and oxygen atoms in total. The van der Waals surface area contributed by atoms with Gasteiger partial charge in [-0.05, 0) is 69.5 Å². The second-order valence-electron chi connectivity index (χ2n) is 8.46. The van der Waals surface area contributed by atoms with Crippen LogP contribution in [0, 0.1) is 5.92 Å². The maximum Gasteiger partial charge on any atom is 0.122 e. The quantitative estimate of drug-likeness (QED) is 0.810. The molecule has 144 valence electrons. The first-order valence-electron chi connectivity index (χ1n) is 10.4. The number of fused-ring (bicyclic) bond motifs is 3. The van der Waals surface area contributed by atoms with Crippen molar-refractivity contribution in [1.29, 1.82) is 0 Å². The van der Waals surface area contributed by atoms with Gasteiger partial charge in [-0.2, -0.15) is 0 Å². The number of nitrogens with zero attached hydrogens (tertiary/aromatic N) is 1. The van der Waals surface area contributed by atoms with E-state index < -0.39 is 0 Å². The van der Waals surface area contributed by atoms with Gasteiger partial charge < -0.3 is 14.8 Å². The van der Waals surface area contributed by atoms with Crippen LogP contribution in [-0.4, -0.2) is 50.3 Å². The molecule has 0 radical (unpaired) electrons. The Bertz CT molecular complexity index is 588. The van der Waals surface area contributed by atoms with Crippen LogP contribution in [0.3, 0.4) is 0 Å². The van der Waals surface area contributed by atoms with Crippen LogP contribution in [0.5, 0.6) is 11.5 Å². The van der Waals surface area contributed by atoms with E-state index in [1.807, 2.05) is 0 Å². The van der Waals surface area contributed by atoms with Gasteiger partial charge in [0.2, 0.25) is 0 Å². The second-order valence-corrected chi connectivity index (χ2v) is 8.46. The Morgan fingerprint density at radius 2 is 1.58 bits per heavy atom. The molecular weight excluding hydrogens is 324 g/mol. The number of ether oxygens (including phenoxy) is 2. The lowest BCUT2D eigenvalue weighted by Gasteiger charge is -2.36. The maximum atomic E-state index is 5.65. The molecule has 4 heteroatoms. The molecule has 1 unspecified atom stereocenters. The Kier molecular flexibility index (Phi) is 5.42. The van der Waals surface area contributed by atoms with E-state index in [1.54, 1.807) is 14.2 Å². The average Bonchev–Trinajstić information content (AvgIpc) is 3.24. The first-order chi connectivity index (χ1) is 12.7. The third-order valence-electron chi connectivity index (χ3n) is 6.76. The average molecular weight is 359 g/mol. The Morgan fingerprint density at radius 1 is 1.00 bits per heavy atom. The van der Waals surface area contributed by atoms with E-state index in [1.165, 1.54) is 56.3 Å². The molecule has 0 aromatic heterocycles. The number of hydrogen-bond donors (Lipinski definition) is 1. The highest BCUT2D eigenvalue weighted by Crippen LogP contribution is 2.39. The Morgan fingerprint density at radius 3 is 2.08 bits per heavy atom.